The molecule has 4 nitrogen and oxygen atoms in total. The van der Waals surface area contributed by atoms with E-state index in [1.807, 2.05) is 11.4 Å². The number of esters is 1. The summed E-state index contributed by atoms with van der Waals surface area (Å²) in [4.78, 5) is 12.8. The van der Waals surface area contributed by atoms with Crippen molar-refractivity contribution in [3.63, 3.8) is 0 Å². The fraction of sp³-hybridized carbons (Fsp3) is 0.0833. The molecule has 0 fully saturated rings. The molecule has 0 aliphatic rings. The highest BCUT2D eigenvalue weighted by molar-refractivity contribution is 9.10. The van der Waals surface area contributed by atoms with Crippen molar-refractivity contribution in [3.05, 3.63) is 44.6 Å². The first-order valence-electron chi connectivity index (χ1n) is 5.10. The van der Waals surface area contributed by atoms with Gasteiger partial charge in [0.05, 0.1) is 5.56 Å². The van der Waals surface area contributed by atoms with E-state index < -0.39 is 5.97 Å². The molecule has 0 saturated carbocycles. The first-order chi connectivity index (χ1) is 8.54. The smallest absolute Gasteiger partial charge is 0.338 e. The minimum Gasteiger partial charge on any atom is -0.456 e. The highest BCUT2D eigenvalue weighted by atomic mass is 79.9. The van der Waals surface area contributed by atoms with Crippen molar-refractivity contribution >= 4 is 44.6 Å². The van der Waals surface area contributed by atoms with Gasteiger partial charge in [-0.15, -0.1) is 11.3 Å². The molecule has 18 heavy (non-hydrogen) atoms. The third-order valence-electron chi connectivity index (χ3n) is 2.18. The Morgan fingerprint density at radius 2 is 1.89 bits per heavy atom. The number of hydrogen-bond donors (Lipinski definition) is 2. The minimum atomic E-state index is -0.432. The van der Waals surface area contributed by atoms with Crippen molar-refractivity contribution in [2.45, 2.75) is 6.61 Å². The number of carbonyl (C=O) groups excluding carboxylic acids is 1. The van der Waals surface area contributed by atoms with Gasteiger partial charge in [-0.3, -0.25) is 0 Å². The Kier molecular flexibility index (Phi) is 3.88. The molecule has 1 aromatic carbocycles. The Morgan fingerprint density at radius 3 is 2.44 bits per heavy atom. The first-order valence-corrected chi connectivity index (χ1v) is 6.78. The number of carbonyl (C=O) groups is 1. The number of thiophene rings is 1. The summed E-state index contributed by atoms with van der Waals surface area (Å²) in [6, 6.07) is 6.59. The molecule has 0 radical (unpaired) electrons. The number of ether oxygens (including phenoxy) is 1. The summed E-state index contributed by atoms with van der Waals surface area (Å²) in [5, 5.41) is 1.93. The molecule has 4 N–H and O–H groups in total. The third kappa shape index (κ3) is 3.24. The quantitative estimate of drug-likeness (QED) is 0.671. The van der Waals surface area contributed by atoms with Crippen molar-refractivity contribution in [3.8, 4) is 0 Å². The Labute approximate surface area is 117 Å². The summed E-state index contributed by atoms with van der Waals surface area (Å²) in [7, 11) is 0. The fourth-order valence-electron chi connectivity index (χ4n) is 1.44. The molecule has 0 aliphatic heterocycles. The molecule has 0 aliphatic carbocycles. The van der Waals surface area contributed by atoms with Crippen LogP contribution in [0.5, 0.6) is 0 Å². The maximum atomic E-state index is 11.8. The van der Waals surface area contributed by atoms with Crippen molar-refractivity contribution in [2.24, 2.45) is 0 Å². The van der Waals surface area contributed by atoms with Crippen molar-refractivity contribution < 1.29 is 9.53 Å². The van der Waals surface area contributed by atoms with E-state index in [1.54, 1.807) is 18.2 Å². The van der Waals surface area contributed by atoms with Crippen LogP contribution in [0, 0.1) is 0 Å². The van der Waals surface area contributed by atoms with Gasteiger partial charge in [-0.05, 0) is 40.2 Å². The molecule has 6 heteroatoms. The molecular weight excluding hydrogens is 316 g/mol. The van der Waals surface area contributed by atoms with Crippen molar-refractivity contribution in [2.75, 3.05) is 11.5 Å². The normalized spacial score (nSPS) is 10.3. The Balaban J connectivity index is 2.03. The van der Waals surface area contributed by atoms with Crippen LogP contribution in [0.4, 0.5) is 11.4 Å². The largest absolute Gasteiger partial charge is 0.456 e. The van der Waals surface area contributed by atoms with Crippen LogP contribution in [0.3, 0.4) is 0 Å². The average Bonchev–Trinajstić information content (AvgIpc) is 2.70. The maximum Gasteiger partial charge on any atom is 0.338 e. The zero-order chi connectivity index (χ0) is 13.1. The summed E-state index contributed by atoms with van der Waals surface area (Å²) in [6.07, 6.45) is 0. The summed E-state index contributed by atoms with van der Waals surface area (Å²) in [5.41, 5.74) is 12.5. The van der Waals surface area contributed by atoms with E-state index in [2.05, 4.69) is 15.9 Å². The van der Waals surface area contributed by atoms with Gasteiger partial charge in [-0.2, -0.15) is 0 Å². The molecular formula is C12H11BrN2O2S. The molecule has 0 unspecified atom stereocenters. The lowest BCUT2D eigenvalue weighted by atomic mass is 10.2. The van der Waals surface area contributed by atoms with Gasteiger partial charge >= 0.3 is 5.97 Å². The number of anilines is 2. The van der Waals surface area contributed by atoms with Crippen LogP contribution in [0.25, 0.3) is 0 Å². The molecule has 0 bridgehead atoms. The zero-order valence-corrected chi connectivity index (χ0v) is 11.8. The van der Waals surface area contributed by atoms with Crippen molar-refractivity contribution in [1.29, 1.82) is 0 Å². The number of benzene rings is 1. The van der Waals surface area contributed by atoms with E-state index in [1.165, 1.54) is 11.3 Å². The van der Waals surface area contributed by atoms with Crippen molar-refractivity contribution in [1.82, 2.24) is 0 Å². The molecule has 1 aromatic heterocycles. The van der Waals surface area contributed by atoms with Gasteiger partial charge in [-0.1, -0.05) is 0 Å². The van der Waals surface area contributed by atoms with Gasteiger partial charge < -0.3 is 16.2 Å². The zero-order valence-electron chi connectivity index (χ0n) is 9.35. The molecule has 0 atom stereocenters. The predicted octanol–water partition coefficient (Wildman–Crippen LogP) is 3.03. The molecule has 2 aromatic rings. The van der Waals surface area contributed by atoms with Crippen LogP contribution in [0.2, 0.25) is 0 Å². The van der Waals surface area contributed by atoms with E-state index in [0.29, 0.717) is 16.9 Å². The summed E-state index contributed by atoms with van der Waals surface area (Å²) >= 11 is 4.86. The van der Waals surface area contributed by atoms with Gasteiger partial charge in [0.1, 0.15) is 6.61 Å². The average molecular weight is 327 g/mol. The van der Waals surface area contributed by atoms with Gasteiger partial charge in [0.15, 0.2) is 0 Å². The second-order valence-corrected chi connectivity index (χ2v) is 5.61. The third-order valence-corrected chi connectivity index (χ3v) is 3.85. The lowest BCUT2D eigenvalue weighted by Gasteiger charge is -2.05. The van der Waals surface area contributed by atoms with Crippen LogP contribution in [0.1, 0.15) is 15.2 Å². The van der Waals surface area contributed by atoms with E-state index in [4.69, 9.17) is 16.2 Å². The molecule has 0 saturated heterocycles. The van der Waals surface area contributed by atoms with E-state index in [9.17, 15) is 4.79 Å². The fourth-order valence-corrected chi connectivity index (χ4v) is 2.81. The van der Waals surface area contributed by atoms with Gasteiger partial charge in [0.25, 0.3) is 0 Å². The predicted molar refractivity (Wildman–Crippen MR) is 76.4 cm³/mol. The number of halogens is 1. The molecule has 1 heterocycles. The number of rotatable bonds is 3. The van der Waals surface area contributed by atoms with Crippen LogP contribution in [-0.4, -0.2) is 5.97 Å². The van der Waals surface area contributed by atoms with Crippen LogP contribution >= 0.6 is 27.3 Å². The maximum absolute atomic E-state index is 11.8. The minimum absolute atomic E-state index is 0.240. The summed E-state index contributed by atoms with van der Waals surface area (Å²) in [6.45, 7) is 0.240. The molecule has 0 spiro atoms. The van der Waals surface area contributed by atoms with E-state index in [0.717, 1.165) is 9.35 Å². The summed E-state index contributed by atoms with van der Waals surface area (Å²) < 4.78 is 6.16. The standard InChI is InChI=1S/C12H11BrN2O2S/c13-8-3-11(18-6-8)5-17-12(16)7-1-9(14)4-10(15)2-7/h1-4,6H,5,14-15H2. The topological polar surface area (TPSA) is 78.3 Å². The van der Waals surface area contributed by atoms with Gasteiger partial charge in [-0.25, -0.2) is 4.79 Å². The SMILES string of the molecule is Nc1cc(N)cc(C(=O)OCc2cc(Br)cs2)c1. The highest BCUT2D eigenvalue weighted by Crippen LogP contribution is 2.21. The second-order valence-electron chi connectivity index (χ2n) is 3.70. The van der Waals surface area contributed by atoms with Crippen LogP contribution in [-0.2, 0) is 11.3 Å². The number of hydrogen-bond acceptors (Lipinski definition) is 5. The van der Waals surface area contributed by atoms with E-state index in [-0.39, 0.29) is 6.61 Å². The highest BCUT2D eigenvalue weighted by Gasteiger charge is 2.09. The first kappa shape index (κ1) is 12.9. The lowest BCUT2D eigenvalue weighted by molar-refractivity contribution is 0.0477. The van der Waals surface area contributed by atoms with Crippen LogP contribution in [0.15, 0.2) is 34.1 Å². The molecule has 94 valence electrons. The summed E-state index contributed by atoms with van der Waals surface area (Å²) in [5.74, 6) is -0.432. The van der Waals surface area contributed by atoms with Gasteiger partial charge in [0.2, 0.25) is 0 Å². The Bertz CT molecular complexity index is 563. The van der Waals surface area contributed by atoms with Gasteiger partial charge in [0, 0.05) is 26.1 Å². The molecule has 0 amide bonds. The second kappa shape index (κ2) is 5.41. The Morgan fingerprint density at radius 1 is 1.22 bits per heavy atom. The number of nitrogens with two attached hydrogens (primary N) is 2. The molecule has 2 rings (SSSR count). The lowest BCUT2D eigenvalue weighted by Crippen LogP contribution is -2.06. The Hall–Kier alpha value is -1.53. The number of nitrogen functional groups attached to an aromatic ring is 2. The van der Waals surface area contributed by atoms with E-state index >= 15 is 0 Å². The monoisotopic (exact) mass is 326 g/mol. The van der Waals surface area contributed by atoms with Crippen LogP contribution < -0.4 is 11.5 Å².